The number of carbonyl (C=O) groups excluding carboxylic acids is 1. The Morgan fingerprint density at radius 2 is 1.77 bits per heavy atom. The molecule has 0 saturated carbocycles. The average Bonchev–Trinajstić information content (AvgIpc) is 3.23. The molecule has 2 aliphatic rings. The summed E-state index contributed by atoms with van der Waals surface area (Å²) >= 11 is 0. The minimum Gasteiger partial charge on any atom is -0.495 e. The number of nitrogens with zero attached hydrogens (tertiary/aromatic N) is 4. The zero-order valence-electron chi connectivity index (χ0n) is 23.5. The van der Waals surface area contributed by atoms with Crippen molar-refractivity contribution in [3.63, 3.8) is 0 Å². The van der Waals surface area contributed by atoms with E-state index in [1.165, 1.54) is 36.3 Å². The molecule has 0 radical (unpaired) electrons. The van der Waals surface area contributed by atoms with E-state index in [0.29, 0.717) is 30.5 Å². The summed E-state index contributed by atoms with van der Waals surface area (Å²) in [4.78, 5) is 42.9. The summed E-state index contributed by atoms with van der Waals surface area (Å²) in [5.74, 6) is -0.758. The number of hydrogen-bond acceptors (Lipinski definition) is 10. The van der Waals surface area contributed by atoms with Crippen molar-refractivity contribution in [1.82, 2.24) is 14.9 Å². The molecule has 0 bridgehead atoms. The highest BCUT2D eigenvalue weighted by atomic mass is 32.3. The van der Waals surface area contributed by atoms with Crippen molar-refractivity contribution in [2.45, 2.75) is 18.9 Å². The maximum Gasteiger partial charge on any atom is 0.421 e. The molecular formula is C26H30F3N6O7PS. The summed E-state index contributed by atoms with van der Waals surface area (Å²) < 4.78 is 78.8. The van der Waals surface area contributed by atoms with E-state index < -0.39 is 47.8 Å². The molecule has 238 valence electrons. The van der Waals surface area contributed by atoms with Crippen LogP contribution in [0.1, 0.15) is 27.0 Å². The van der Waals surface area contributed by atoms with Gasteiger partial charge in [0.25, 0.3) is 5.91 Å². The van der Waals surface area contributed by atoms with Gasteiger partial charge in [-0.05, 0) is 29.8 Å². The summed E-state index contributed by atoms with van der Waals surface area (Å²) in [6.07, 6.45) is -4.78. The Hall–Kier alpha value is -3.60. The van der Waals surface area contributed by atoms with Gasteiger partial charge in [0.05, 0.1) is 41.7 Å². The quantitative estimate of drug-likeness (QED) is 0.182. The molecule has 2 aliphatic heterocycles. The van der Waals surface area contributed by atoms with Gasteiger partial charge in [-0.25, -0.2) is 4.98 Å². The summed E-state index contributed by atoms with van der Waals surface area (Å²) in [5.41, 5.74) is 0.911. The van der Waals surface area contributed by atoms with Crippen LogP contribution in [-0.4, -0.2) is 78.4 Å². The molecule has 6 N–H and O–H groups in total. The maximum absolute atomic E-state index is 14.0. The minimum atomic E-state index is -4.84. The Balaban J connectivity index is 1.49. The van der Waals surface area contributed by atoms with E-state index in [0.717, 1.165) is 0 Å². The zero-order valence-corrected chi connectivity index (χ0v) is 25.2. The molecule has 0 unspecified atom stereocenters. The molecule has 1 saturated heterocycles. The van der Waals surface area contributed by atoms with Crippen molar-refractivity contribution >= 4 is 52.9 Å². The fourth-order valence-corrected chi connectivity index (χ4v) is 6.98. The number of amides is 1. The summed E-state index contributed by atoms with van der Waals surface area (Å²) in [6.45, 7) is 0.914. The molecule has 1 aromatic heterocycles. The lowest BCUT2D eigenvalue weighted by Crippen LogP contribution is -2.38. The highest BCUT2D eigenvalue weighted by molar-refractivity contribution is 8.24. The van der Waals surface area contributed by atoms with Gasteiger partial charge in [0, 0.05) is 44.1 Å². The highest BCUT2D eigenvalue weighted by Gasteiger charge is 2.37. The second-order valence-electron chi connectivity index (χ2n) is 10.4. The van der Waals surface area contributed by atoms with E-state index in [1.54, 1.807) is 13.1 Å². The van der Waals surface area contributed by atoms with Crippen LogP contribution in [0.4, 0.5) is 42.0 Å². The lowest BCUT2D eigenvalue weighted by molar-refractivity contribution is -0.137. The number of carbonyl (C=O) groups is 1. The number of nitrogens with one attached hydrogen (secondary N) is 2. The first-order valence-corrected chi connectivity index (χ1v) is 16.8. The van der Waals surface area contributed by atoms with Gasteiger partial charge in [-0.1, -0.05) is 6.07 Å². The fourth-order valence-electron chi connectivity index (χ4n) is 5.08. The third-order valence-electron chi connectivity index (χ3n) is 7.21. The molecule has 3 aromatic rings. The van der Waals surface area contributed by atoms with E-state index >= 15 is 0 Å². The van der Waals surface area contributed by atoms with Gasteiger partial charge in [-0.3, -0.25) is 18.5 Å². The first-order chi connectivity index (χ1) is 20.5. The van der Waals surface area contributed by atoms with E-state index in [4.69, 9.17) is 4.74 Å². The Labute approximate surface area is 251 Å². The molecular weight excluding hydrogens is 628 g/mol. The number of alkyl halides is 3. The van der Waals surface area contributed by atoms with Crippen LogP contribution >= 0.6 is 18.2 Å². The van der Waals surface area contributed by atoms with Crippen LogP contribution in [0.2, 0.25) is 0 Å². The number of aromatic nitrogens is 2. The SMILES string of the molecule is COc1cc(CP(=O)(O)O)ccc1Nc1ncc(C(F)(F)F)c(Nc2ccc(N3CCS(O)(O)CC3)c3c2C(=O)N(C)C3)n1. The Morgan fingerprint density at radius 1 is 1.09 bits per heavy atom. The van der Waals surface area contributed by atoms with Crippen LogP contribution < -0.4 is 20.3 Å². The summed E-state index contributed by atoms with van der Waals surface area (Å²) in [6, 6.07) is 7.41. The highest BCUT2D eigenvalue weighted by Crippen LogP contribution is 2.45. The molecule has 3 heterocycles. The molecule has 1 amide bonds. The van der Waals surface area contributed by atoms with E-state index in [9.17, 15) is 41.4 Å². The molecule has 2 aromatic carbocycles. The Kier molecular flexibility index (Phi) is 8.48. The normalized spacial score (nSPS) is 17.3. The number of ether oxygens (including phenoxy) is 1. The van der Waals surface area contributed by atoms with Gasteiger partial charge in [-0.15, -0.1) is 0 Å². The Bertz CT molecular complexity index is 1650. The first-order valence-electron chi connectivity index (χ1n) is 13.1. The molecule has 13 nitrogen and oxygen atoms in total. The third-order valence-corrected chi connectivity index (χ3v) is 9.66. The second kappa shape index (κ2) is 11.7. The van der Waals surface area contributed by atoms with Crippen LogP contribution in [0.25, 0.3) is 0 Å². The van der Waals surface area contributed by atoms with Crippen LogP contribution in [0, 0.1) is 0 Å². The van der Waals surface area contributed by atoms with Gasteiger partial charge in [0.1, 0.15) is 17.1 Å². The van der Waals surface area contributed by atoms with Crippen molar-refractivity contribution < 1.29 is 46.2 Å². The average molecular weight is 659 g/mol. The number of fused-ring (bicyclic) bond motifs is 1. The van der Waals surface area contributed by atoms with Gasteiger partial charge < -0.3 is 35.0 Å². The van der Waals surface area contributed by atoms with E-state index in [-0.39, 0.29) is 52.2 Å². The van der Waals surface area contributed by atoms with Gasteiger partial charge in [0.15, 0.2) is 0 Å². The molecule has 1 fully saturated rings. The van der Waals surface area contributed by atoms with Gasteiger partial charge in [0.2, 0.25) is 5.95 Å². The number of benzene rings is 2. The summed E-state index contributed by atoms with van der Waals surface area (Å²) in [5, 5.41) is 5.47. The molecule has 18 heteroatoms. The largest absolute Gasteiger partial charge is 0.495 e. The van der Waals surface area contributed by atoms with Crippen LogP contribution in [0.3, 0.4) is 0 Å². The van der Waals surface area contributed by atoms with E-state index in [1.807, 2.05) is 4.90 Å². The number of anilines is 5. The predicted octanol–water partition coefficient (Wildman–Crippen LogP) is 4.83. The number of rotatable bonds is 8. The zero-order chi connectivity index (χ0) is 32.0. The fraction of sp³-hybridized carbons (Fsp3) is 0.346. The van der Waals surface area contributed by atoms with Crippen molar-refractivity contribution in [2.75, 3.05) is 54.3 Å². The topological polar surface area (TPSA) is 181 Å². The lowest BCUT2D eigenvalue weighted by atomic mass is 10.0. The Morgan fingerprint density at radius 3 is 2.41 bits per heavy atom. The lowest BCUT2D eigenvalue weighted by Gasteiger charge is -2.42. The number of hydrogen-bond donors (Lipinski definition) is 6. The number of halogens is 3. The van der Waals surface area contributed by atoms with Crippen LogP contribution in [0.15, 0.2) is 36.5 Å². The molecule has 0 atom stereocenters. The summed E-state index contributed by atoms with van der Waals surface area (Å²) in [7, 11) is -4.13. The van der Waals surface area contributed by atoms with Gasteiger partial charge >= 0.3 is 13.8 Å². The van der Waals surface area contributed by atoms with Crippen molar-refractivity contribution in [2.24, 2.45) is 0 Å². The molecule has 5 rings (SSSR count). The molecule has 0 aliphatic carbocycles. The third kappa shape index (κ3) is 6.87. The van der Waals surface area contributed by atoms with Crippen molar-refractivity contribution in [3.05, 3.63) is 58.8 Å². The van der Waals surface area contributed by atoms with E-state index in [2.05, 4.69) is 20.6 Å². The molecule has 44 heavy (non-hydrogen) atoms. The predicted molar refractivity (Wildman–Crippen MR) is 159 cm³/mol. The monoisotopic (exact) mass is 658 g/mol. The second-order valence-corrected chi connectivity index (χ2v) is 14.5. The number of methoxy groups -OCH3 is 1. The van der Waals surface area contributed by atoms with Crippen LogP contribution in [-0.2, 0) is 23.4 Å². The standard InChI is InChI=1S/C26H30F3N6O7PS/c1-34-13-16-20(35-7-9-44(40,41)10-8-35)6-5-19(22(16)24(34)36)31-23-17(26(27,28)29)12-30-25(33-23)32-18-4-3-15(11-21(18)42-2)14-43(37,38)39/h3-6,11-12,40-41H,7-10,13-14H2,1-2H3,(H2,37,38,39)(H2,30,31,32,33). The van der Waals surface area contributed by atoms with Crippen molar-refractivity contribution in [3.8, 4) is 5.75 Å². The van der Waals surface area contributed by atoms with Crippen LogP contribution in [0.5, 0.6) is 5.75 Å². The first kappa shape index (κ1) is 31.8. The maximum atomic E-state index is 14.0. The molecule has 0 spiro atoms. The minimum absolute atomic E-state index is 0.105. The smallest absolute Gasteiger partial charge is 0.421 e. The van der Waals surface area contributed by atoms with Crippen molar-refractivity contribution in [1.29, 1.82) is 0 Å². The van der Waals surface area contributed by atoms with Gasteiger partial charge in [-0.2, -0.15) is 28.7 Å².